The first kappa shape index (κ1) is 13.7. The van der Waals surface area contributed by atoms with Crippen LogP contribution < -0.4 is 10.9 Å². The van der Waals surface area contributed by atoms with E-state index < -0.39 is 0 Å². The van der Waals surface area contributed by atoms with Crippen LogP contribution in [0, 0.1) is 10.5 Å². The number of amides is 1. The largest absolute Gasteiger partial charge is 0.325 e. The molecule has 2 aromatic rings. The first-order valence-electron chi connectivity index (χ1n) is 5.63. The Balaban J connectivity index is 2.10. The molecule has 1 amide bonds. The van der Waals surface area contributed by atoms with E-state index in [4.69, 9.17) is 0 Å². The maximum atomic E-state index is 11.9. The lowest BCUT2D eigenvalue weighted by molar-refractivity contribution is -0.116. The normalized spacial score (nSPS) is 10.2. The Morgan fingerprint density at radius 3 is 3.00 bits per heavy atom. The van der Waals surface area contributed by atoms with E-state index in [1.807, 2.05) is 47.7 Å². The lowest BCUT2D eigenvalue weighted by Crippen LogP contribution is -2.29. The zero-order valence-corrected chi connectivity index (χ0v) is 12.4. The smallest absolute Gasteiger partial charge is 0.267 e. The van der Waals surface area contributed by atoms with Crippen LogP contribution in [0.5, 0.6) is 0 Å². The van der Waals surface area contributed by atoms with E-state index in [1.165, 1.54) is 17.1 Å². The van der Waals surface area contributed by atoms with Crippen molar-refractivity contribution in [3.8, 4) is 0 Å². The Kier molecular flexibility index (Phi) is 4.31. The number of anilines is 1. The van der Waals surface area contributed by atoms with Crippen molar-refractivity contribution < 1.29 is 4.79 Å². The molecule has 1 heterocycles. The molecule has 0 aliphatic rings. The van der Waals surface area contributed by atoms with Gasteiger partial charge in [-0.3, -0.25) is 14.2 Å². The minimum atomic E-state index is -0.253. The summed E-state index contributed by atoms with van der Waals surface area (Å²) in [5.41, 5.74) is 1.57. The van der Waals surface area contributed by atoms with Gasteiger partial charge in [-0.05, 0) is 47.2 Å². The van der Waals surface area contributed by atoms with Crippen molar-refractivity contribution in [2.45, 2.75) is 13.5 Å². The quantitative estimate of drug-likeness (QED) is 0.840. The van der Waals surface area contributed by atoms with Gasteiger partial charge in [0.05, 0.1) is 9.90 Å². The number of carbonyl (C=O) groups is 1. The number of carbonyl (C=O) groups excluding carboxylic acids is 1. The van der Waals surface area contributed by atoms with Crippen molar-refractivity contribution >= 4 is 34.2 Å². The van der Waals surface area contributed by atoms with Crippen molar-refractivity contribution in [3.05, 3.63) is 56.3 Å². The monoisotopic (exact) mass is 369 g/mol. The van der Waals surface area contributed by atoms with Crippen molar-refractivity contribution in [2.75, 3.05) is 5.32 Å². The van der Waals surface area contributed by atoms with Crippen LogP contribution >= 0.6 is 22.6 Å². The third-order valence-electron chi connectivity index (χ3n) is 2.47. The topological polar surface area (TPSA) is 64.0 Å². The summed E-state index contributed by atoms with van der Waals surface area (Å²) in [6, 6.07) is 7.49. The molecule has 0 spiro atoms. The molecule has 1 aromatic heterocycles. The van der Waals surface area contributed by atoms with Gasteiger partial charge < -0.3 is 5.32 Å². The second kappa shape index (κ2) is 5.96. The highest BCUT2D eigenvalue weighted by molar-refractivity contribution is 14.1. The number of rotatable bonds is 3. The molecule has 5 nitrogen and oxygen atoms in total. The van der Waals surface area contributed by atoms with Gasteiger partial charge >= 0.3 is 0 Å². The van der Waals surface area contributed by atoms with Crippen LogP contribution in [0.15, 0.2) is 41.6 Å². The van der Waals surface area contributed by atoms with E-state index in [1.54, 1.807) is 6.07 Å². The second-order valence-corrected chi connectivity index (χ2v) is 5.25. The van der Waals surface area contributed by atoms with Gasteiger partial charge in [0.2, 0.25) is 5.91 Å². The second-order valence-electron chi connectivity index (χ2n) is 4.09. The van der Waals surface area contributed by atoms with E-state index in [9.17, 15) is 9.59 Å². The van der Waals surface area contributed by atoms with Crippen molar-refractivity contribution in [1.82, 2.24) is 9.55 Å². The molecular formula is C13H12IN3O2. The fourth-order valence-electron chi connectivity index (χ4n) is 1.61. The van der Waals surface area contributed by atoms with Crippen LogP contribution in [-0.2, 0) is 11.3 Å². The number of benzene rings is 1. The molecule has 1 aromatic carbocycles. The van der Waals surface area contributed by atoms with Gasteiger partial charge in [0, 0.05) is 11.9 Å². The Bertz CT molecular complexity index is 667. The Labute approximate surface area is 123 Å². The number of halogens is 1. The maximum Gasteiger partial charge on any atom is 0.267 e. The molecule has 2 rings (SSSR count). The molecule has 0 saturated heterocycles. The van der Waals surface area contributed by atoms with Gasteiger partial charge in [-0.2, -0.15) is 0 Å². The molecule has 0 fully saturated rings. The predicted octanol–water partition coefficient (Wildman–Crippen LogP) is 1.80. The first-order chi connectivity index (χ1) is 9.06. The van der Waals surface area contributed by atoms with Gasteiger partial charge in [0.1, 0.15) is 6.54 Å². The van der Waals surface area contributed by atoms with Crippen LogP contribution in [0.4, 0.5) is 5.69 Å². The maximum absolute atomic E-state index is 11.9. The molecule has 19 heavy (non-hydrogen) atoms. The van der Waals surface area contributed by atoms with E-state index in [0.29, 0.717) is 3.57 Å². The van der Waals surface area contributed by atoms with E-state index in [0.717, 1.165) is 11.3 Å². The van der Waals surface area contributed by atoms with Gasteiger partial charge in [0.25, 0.3) is 5.56 Å². The average molecular weight is 369 g/mol. The minimum absolute atomic E-state index is 0.0450. The van der Waals surface area contributed by atoms with Crippen LogP contribution in [0.3, 0.4) is 0 Å². The van der Waals surface area contributed by atoms with Crippen molar-refractivity contribution in [1.29, 1.82) is 0 Å². The Hall–Kier alpha value is -1.70. The summed E-state index contributed by atoms with van der Waals surface area (Å²) in [6.45, 7) is 1.90. The zero-order chi connectivity index (χ0) is 13.8. The van der Waals surface area contributed by atoms with Crippen LogP contribution in [0.25, 0.3) is 0 Å². The number of hydrogen-bond donors (Lipinski definition) is 1. The third kappa shape index (κ3) is 3.63. The summed E-state index contributed by atoms with van der Waals surface area (Å²) >= 11 is 1.90. The number of nitrogens with zero attached hydrogens (tertiary/aromatic N) is 2. The predicted molar refractivity (Wildman–Crippen MR) is 81.0 cm³/mol. The number of aromatic nitrogens is 2. The molecule has 6 heteroatoms. The molecule has 0 aliphatic carbocycles. The molecule has 0 bridgehead atoms. The standard InChI is InChI=1S/C13H12IN3O2/c1-9-3-2-4-10(5-9)16-12(18)7-17-8-15-6-11(14)13(17)19/h2-6,8H,7H2,1H3,(H,16,18). The van der Waals surface area contributed by atoms with E-state index >= 15 is 0 Å². The summed E-state index contributed by atoms with van der Waals surface area (Å²) in [5, 5.41) is 2.75. The SMILES string of the molecule is Cc1cccc(NC(=O)Cn2cncc(I)c2=O)c1. The van der Waals surface area contributed by atoms with Gasteiger partial charge in [-0.25, -0.2) is 4.98 Å². The summed E-state index contributed by atoms with van der Waals surface area (Å²) < 4.78 is 1.77. The number of aryl methyl sites for hydroxylation is 1. The van der Waals surface area contributed by atoms with Gasteiger partial charge in [-0.15, -0.1) is 0 Å². The van der Waals surface area contributed by atoms with E-state index in [-0.39, 0.29) is 18.0 Å². The van der Waals surface area contributed by atoms with Gasteiger partial charge in [-0.1, -0.05) is 12.1 Å². The summed E-state index contributed by atoms with van der Waals surface area (Å²) in [7, 11) is 0. The Morgan fingerprint density at radius 1 is 1.47 bits per heavy atom. The lowest BCUT2D eigenvalue weighted by atomic mass is 10.2. The number of nitrogens with one attached hydrogen (secondary N) is 1. The molecule has 0 atom stereocenters. The molecule has 0 radical (unpaired) electrons. The molecule has 0 saturated carbocycles. The molecule has 0 unspecified atom stereocenters. The van der Waals surface area contributed by atoms with Crippen molar-refractivity contribution in [3.63, 3.8) is 0 Å². The molecule has 0 aliphatic heterocycles. The minimum Gasteiger partial charge on any atom is -0.325 e. The van der Waals surface area contributed by atoms with Gasteiger partial charge in [0.15, 0.2) is 0 Å². The van der Waals surface area contributed by atoms with Crippen molar-refractivity contribution in [2.24, 2.45) is 0 Å². The molecule has 1 N–H and O–H groups in total. The Morgan fingerprint density at radius 2 is 2.26 bits per heavy atom. The zero-order valence-electron chi connectivity index (χ0n) is 10.3. The lowest BCUT2D eigenvalue weighted by Gasteiger charge is -2.07. The number of hydrogen-bond acceptors (Lipinski definition) is 3. The summed E-state index contributed by atoms with van der Waals surface area (Å²) in [6.07, 6.45) is 2.83. The summed E-state index contributed by atoms with van der Waals surface area (Å²) in [4.78, 5) is 27.5. The average Bonchev–Trinajstić information content (AvgIpc) is 2.35. The first-order valence-corrected chi connectivity index (χ1v) is 6.70. The van der Waals surface area contributed by atoms with Crippen LogP contribution in [-0.4, -0.2) is 15.5 Å². The third-order valence-corrected chi connectivity index (χ3v) is 3.21. The molecule has 98 valence electrons. The highest BCUT2D eigenvalue weighted by Gasteiger charge is 2.07. The van der Waals surface area contributed by atoms with Crippen LogP contribution in [0.2, 0.25) is 0 Å². The fourth-order valence-corrected chi connectivity index (χ4v) is 2.09. The highest BCUT2D eigenvalue weighted by Crippen LogP contribution is 2.09. The molecular weight excluding hydrogens is 357 g/mol. The van der Waals surface area contributed by atoms with E-state index in [2.05, 4.69) is 10.3 Å². The van der Waals surface area contributed by atoms with Crippen LogP contribution in [0.1, 0.15) is 5.56 Å². The highest BCUT2D eigenvalue weighted by atomic mass is 127. The fraction of sp³-hybridized carbons (Fsp3) is 0.154. The summed E-state index contributed by atoms with van der Waals surface area (Å²) in [5.74, 6) is -0.253.